The Balaban J connectivity index is 2.22. The third-order valence-electron chi connectivity index (χ3n) is 3.07. The van der Waals surface area contributed by atoms with Crippen LogP contribution in [-0.4, -0.2) is 20.6 Å². The Kier molecular flexibility index (Phi) is 2.90. The van der Waals surface area contributed by atoms with Crippen LogP contribution in [0.25, 0.3) is 16.7 Å². The SMILES string of the molecule is O=C(O)c1ccc2c(c1)ncn2-c1ccc(F)c(F)c1F. The van der Waals surface area contributed by atoms with Gasteiger partial charge in [0, 0.05) is 0 Å². The number of halogens is 3. The fraction of sp³-hybridized carbons (Fsp3) is 0. The molecule has 0 radical (unpaired) electrons. The molecule has 0 amide bonds. The highest BCUT2D eigenvalue weighted by atomic mass is 19.2. The lowest BCUT2D eigenvalue weighted by Crippen LogP contribution is -2.01. The fourth-order valence-corrected chi connectivity index (χ4v) is 2.04. The highest BCUT2D eigenvalue weighted by Crippen LogP contribution is 2.24. The number of aromatic carboxylic acids is 1. The van der Waals surface area contributed by atoms with Crippen LogP contribution in [-0.2, 0) is 0 Å². The van der Waals surface area contributed by atoms with Crippen LogP contribution in [0.2, 0.25) is 0 Å². The molecule has 3 rings (SSSR count). The Labute approximate surface area is 116 Å². The van der Waals surface area contributed by atoms with Crippen molar-refractivity contribution in [1.29, 1.82) is 0 Å². The van der Waals surface area contributed by atoms with Crippen molar-refractivity contribution < 1.29 is 23.1 Å². The predicted molar refractivity (Wildman–Crippen MR) is 67.9 cm³/mol. The molecule has 0 aliphatic carbocycles. The molecule has 106 valence electrons. The first-order chi connectivity index (χ1) is 9.99. The van der Waals surface area contributed by atoms with Gasteiger partial charge in [0.05, 0.1) is 22.3 Å². The summed E-state index contributed by atoms with van der Waals surface area (Å²) in [5.74, 6) is -5.31. The number of nitrogens with zero attached hydrogens (tertiary/aromatic N) is 2. The first-order valence-corrected chi connectivity index (χ1v) is 5.83. The van der Waals surface area contributed by atoms with E-state index in [1.165, 1.54) is 29.1 Å². The highest BCUT2D eigenvalue weighted by Gasteiger charge is 2.17. The Morgan fingerprint density at radius 3 is 2.57 bits per heavy atom. The van der Waals surface area contributed by atoms with Crippen LogP contribution < -0.4 is 0 Å². The molecule has 0 spiro atoms. The van der Waals surface area contributed by atoms with Crippen LogP contribution in [0.15, 0.2) is 36.7 Å². The number of hydrogen-bond acceptors (Lipinski definition) is 2. The summed E-state index contributed by atoms with van der Waals surface area (Å²) in [6.07, 6.45) is 1.21. The number of carboxylic acid groups (broad SMARTS) is 1. The maximum absolute atomic E-state index is 13.8. The predicted octanol–water partition coefficient (Wildman–Crippen LogP) is 3.14. The molecular weight excluding hydrogens is 285 g/mol. The summed E-state index contributed by atoms with van der Waals surface area (Å²) in [5, 5.41) is 8.89. The Hall–Kier alpha value is -2.83. The van der Waals surface area contributed by atoms with Gasteiger partial charge in [-0.1, -0.05) is 0 Å². The van der Waals surface area contributed by atoms with Gasteiger partial charge in [-0.2, -0.15) is 0 Å². The second kappa shape index (κ2) is 4.62. The minimum absolute atomic E-state index is 0.0264. The van der Waals surface area contributed by atoms with Gasteiger partial charge in [0.1, 0.15) is 6.33 Å². The van der Waals surface area contributed by atoms with E-state index in [0.717, 1.165) is 12.1 Å². The number of aromatic nitrogens is 2. The van der Waals surface area contributed by atoms with Gasteiger partial charge in [0.2, 0.25) is 0 Å². The minimum Gasteiger partial charge on any atom is -0.478 e. The minimum atomic E-state index is -1.57. The van der Waals surface area contributed by atoms with E-state index in [2.05, 4.69) is 4.98 Å². The van der Waals surface area contributed by atoms with Gasteiger partial charge in [-0.05, 0) is 30.3 Å². The monoisotopic (exact) mass is 292 g/mol. The van der Waals surface area contributed by atoms with Gasteiger partial charge in [-0.3, -0.25) is 4.57 Å². The number of hydrogen-bond donors (Lipinski definition) is 1. The largest absolute Gasteiger partial charge is 0.478 e. The zero-order valence-electron chi connectivity index (χ0n) is 10.3. The number of benzene rings is 2. The molecule has 0 saturated heterocycles. The maximum atomic E-state index is 13.8. The third-order valence-corrected chi connectivity index (χ3v) is 3.07. The Morgan fingerprint density at radius 2 is 1.86 bits per heavy atom. The van der Waals surface area contributed by atoms with E-state index in [4.69, 9.17) is 5.11 Å². The summed E-state index contributed by atoms with van der Waals surface area (Å²) in [6.45, 7) is 0. The molecule has 3 aromatic rings. The van der Waals surface area contributed by atoms with Crippen LogP contribution in [0.1, 0.15) is 10.4 Å². The third kappa shape index (κ3) is 2.03. The second-order valence-electron chi connectivity index (χ2n) is 4.32. The van der Waals surface area contributed by atoms with E-state index >= 15 is 0 Å². The molecule has 0 bridgehead atoms. The van der Waals surface area contributed by atoms with Crippen molar-refractivity contribution in [3.8, 4) is 5.69 Å². The molecule has 0 aliphatic rings. The zero-order valence-corrected chi connectivity index (χ0v) is 10.3. The first-order valence-electron chi connectivity index (χ1n) is 5.83. The summed E-state index contributed by atoms with van der Waals surface area (Å²) >= 11 is 0. The lowest BCUT2D eigenvalue weighted by molar-refractivity contribution is 0.0697. The zero-order chi connectivity index (χ0) is 15.1. The van der Waals surface area contributed by atoms with E-state index in [1.54, 1.807) is 0 Å². The molecule has 4 nitrogen and oxygen atoms in total. The van der Waals surface area contributed by atoms with Gasteiger partial charge in [0.25, 0.3) is 0 Å². The van der Waals surface area contributed by atoms with Crippen molar-refractivity contribution in [2.24, 2.45) is 0 Å². The number of fused-ring (bicyclic) bond motifs is 1. The lowest BCUT2D eigenvalue weighted by Gasteiger charge is -2.07. The van der Waals surface area contributed by atoms with Gasteiger partial charge >= 0.3 is 5.97 Å². The van der Waals surface area contributed by atoms with Crippen LogP contribution in [0.3, 0.4) is 0 Å². The quantitative estimate of drug-likeness (QED) is 0.738. The molecule has 21 heavy (non-hydrogen) atoms. The van der Waals surface area contributed by atoms with Gasteiger partial charge in [-0.15, -0.1) is 0 Å². The summed E-state index contributed by atoms with van der Waals surface area (Å²) in [7, 11) is 0. The van der Waals surface area contributed by atoms with E-state index < -0.39 is 23.4 Å². The average molecular weight is 292 g/mol. The number of rotatable bonds is 2. The number of carbonyl (C=O) groups is 1. The molecule has 1 aromatic heterocycles. The summed E-state index contributed by atoms with van der Waals surface area (Å²) in [5.41, 5.74) is 0.502. The molecule has 0 unspecified atom stereocenters. The molecule has 0 fully saturated rings. The second-order valence-corrected chi connectivity index (χ2v) is 4.32. The van der Waals surface area contributed by atoms with E-state index in [1.807, 2.05) is 0 Å². The van der Waals surface area contributed by atoms with Crippen molar-refractivity contribution in [2.45, 2.75) is 0 Å². The van der Waals surface area contributed by atoms with Crippen molar-refractivity contribution >= 4 is 17.0 Å². The molecule has 0 atom stereocenters. The van der Waals surface area contributed by atoms with E-state index in [9.17, 15) is 18.0 Å². The van der Waals surface area contributed by atoms with Gasteiger partial charge < -0.3 is 5.11 Å². The smallest absolute Gasteiger partial charge is 0.335 e. The van der Waals surface area contributed by atoms with Crippen LogP contribution in [0, 0.1) is 17.5 Å². The molecule has 1 N–H and O–H groups in total. The van der Waals surface area contributed by atoms with E-state index in [-0.39, 0.29) is 11.3 Å². The first kappa shape index (κ1) is 13.2. The topological polar surface area (TPSA) is 55.1 Å². The van der Waals surface area contributed by atoms with Gasteiger partial charge in [-0.25, -0.2) is 22.9 Å². The van der Waals surface area contributed by atoms with Crippen LogP contribution >= 0.6 is 0 Å². The van der Waals surface area contributed by atoms with Crippen molar-refractivity contribution in [2.75, 3.05) is 0 Å². The molecule has 1 heterocycles. The van der Waals surface area contributed by atoms with Crippen LogP contribution in [0.5, 0.6) is 0 Å². The molecular formula is C14H7F3N2O2. The Bertz CT molecular complexity index is 874. The molecule has 0 saturated carbocycles. The molecule has 7 heteroatoms. The lowest BCUT2D eigenvalue weighted by atomic mass is 10.2. The van der Waals surface area contributed by atoms with Crippen LogP contribution in [0.4, 0.5) is 13.2 Å². The normalized spacial score (nSPS) is 11.0. The summed E-state index contributed by atoms with van der Waals surface area (Å²) in [4.78, 5) is 14.8. The molecule has 0 aliphatic heterocycles. The standard InChI is InChI=1S/C14H7F3N2O2/c15-8-2-4-11(13(17)12(8)16)19-6-18-9-5-7(14(20)21)1-3-10(9)19/h1-6H,(H,20,21). The molecule has 2 aromatic carbocycles. The van der Waals surface area contributed by atoms with Crippen molar-refractivity contribution in [3.05, 3.63) is 59.7 Å². The Morgan fingerprint density at radius 1 is 1.10 bits per heavy atom. The summed E-state index contributed by atoms with van der Waals surface area (Å²) in [6, 6.07) is 5.95. The number of imidazole rings is 1. The van der Waals surface area contributed by atoms with Crippen molar-refractivity contribution in [1.82, 2.24) is 9.55 Å². The fourth-order valence-electron chi connectivity index (χ4n) is 2.04. The van der Waals surface area contributed by atoms with E-state index in [0.29, 0.717) is 11.0 Å². The average Bonchev–Trinajstić information content (AvgIpc) is 2.88. The van der Waals surface area contributed by atoms with Gasteiger partial charge in [0.15, 0.2) is 17.5 Å². The van der Waals surface area contributed by atoms with Crippen molar-refractivity contribution in [3.63, 3.8) is 0 Å². The maximum Gasteiger partial charge on any atom is 0.335 e. The number of carboxylic acids is 1. The summed E-state index contributed by atoms with van der Waals surface area (Å²) < 4.78 is 41.3. The highest BCUT2D eigenvalue weighted by molar-refractivity contribution is 5.92.